The summed E-state index contributed by atoms with van der Waals surface area (Å²) in [5, 5.41) is 2.69. The zero-order valence-corrected chi connectivity index (χ0v) is 12.2. The van der Waals surface area contributed by atoms with Crippen LogP contribution in [0.1, 0.15) is 42.5 Å². The Hall–Kier alpha value is -2.15. The molecule has 0 unspecified atom stereocenters. The van der Waals surface area contributed by atoms with Crippen LogP contribution in [-0.2, 0) is 4.79 Å². The number of ether oxygens (including phenoxy) is 1. The van der Waals surface area contributed by atoms with Crippen LogP contribution in [0.5, 0.6) is 5.88 Å². The van der Waals surface area contributed by atoms with Crippen molar-refractivity contribution < 1.29 is 14.3 Å². The average molecular weight is 294 g/mol. The van der Waals surface area contributed by atoms with Crippen LogP contribution in [0, 0.1) is 0 Å². The summed E-state index contributed by atoms with van der Waals surface area (Å²) in [4.78, 5) is 27.0. The number of nitrogens with zero attached hydrogens (tertiary/aromatic N) is 1. The van der Waals surface area contributed by atoms with Crippen molar-refractivity contribution in [1.29, 1.82) is 0 Å². The summed E-state index contributed by atoms with van der Waals surface area (Å²) in [6.07, 6.45) is 5.63. The molecule has 116 valence electrons. The molecule has 0 aromatic carbocycles. The number of rotatable bonds is 9. The van der Waals surface area contributed by atoms with Crippen molar-refractivity contribution in [1.82, 2.24) is 4.98 Å². The minimum absolute atomic E-state index is 0.120. The lowest BCUT2D eigenvalue weighted by Crippen LogP contribution is -2.16. The molecule has 7 nitrogen and oxygen atoms in total. The maximum atomic E-state index is 11.8. The van der Waals surface area contributed by atoms with Crippen LogP contribution >= 0.6 is 0 Å². The molecule has 0 aliphatic heterocycles. The number of carbonyl (C=O) groups excluding carboxylic acids is 2. The number of hydrogen-bond donors (Lipinski definition) is 3. The Bertz CT molecular complexity index is 491. The second-order valence-corrected chi connectivity index (χ2v) is 4.65. The van der Waals surface area contributed by atoms with E-state index in [0.717, 1.165) is 25.7 Å². The second kappa shape index (κ2) is 8.91. The molecule has 0 aliphatic rings. The molecule has 0 saturated heterocycles. The number of anilines is 1. The highest BCUT2D eigenvalue weighted by atomic mass is 16.5. The summed E-state index contributed by atoms with van der Waals surface area (Å²) < 4.78 is 4.93. The number of unbranched alkanes of at least 4 members (excludes halogenated alkanes) is 3. The van der Waals surface area contributed by atoms with E-state index in [0.29, 0.717) is 18.7 Å². The van der Waals surface area contributed by atoms with Gasteiger partial charge in [0.2, 0.25) is 11.8 Å². The molecule has 1 aromatic rings. The Morgan fingerprint density at radius 1 is 1.29 bits per heavy atom. The monoisotopic (exact) mass is 294 g/mol. The molecule has 21 heavy (non-hydrogen) atoms. The van der Waals surface area contributed by atoms with E-state index in [4.69, 9.17) is 16.2 Å². The highest BCUT2D eigenvalue weighted by Crippen LogP contribution is 2.19. The number of methoxy groups -OCH3 is 1. The lowest BCUT2D eigenvalue weighted by Gasteiger charge is -2.08. The second-order valence-electron chi connectivity index (χ2n) is 4.65. The predicted octanol–water partition coefficient (Wildman–Crippen LogP) is 1.04. The van der Waals surface area contributed by atoms with Gasteiger partial charge in [0, 0.05) is 6.42 Å². The van der Waals surface area contributed by atoms with Gasteiger partial charge in [0.05, 0.1) is 19.0 Å². The van der Waals surface area contributed by atoms with E-state index in [-0.39, 0.29) is 17.4 Å². The van der Waals surface area contributed by atoms with E-state index in [9.17, 15) is 9.59 Å². The molecule has 0 aliphatic carbocycles. The smallest absolute Gasteiger partial charge is 0.254 e. The van der Waals surface area contributed by atoms with E-state index in [1.807, 2.05) is 0 Å². The highest BCUT2D eigenvalue weighted by Gasteiger charge is 2.12. The van der Waals surface area contributed by atoms with Crippen LogP contribution in [0.25, 0.3) is 0 Å². The molecule has 2 amide bonds. The number of amides is 2. The standard InChI is InChI=1S/C14H22N4O3/c1-21-14-11(13(16)20)8-10(9-17-14)18-12(19)6-4-2-3-5-7-15/h8-9H,2-7,15H2,1H3,(H2,16,20)(H,18,19). The molecule has 0 radical (unpaired) electrons. The van der Waals surface area contributed by atoms with Gasteiger partial charge < -0.3 is 21.5 Å². The lowest BCUT2D eigenvalue weighted by molar-refractivity contribution is -0.116. The first-order chi connectivity index (χ1) is 10.1. The first kappa shape index (κ1) is 16.9. The largest absolute Gasteiger partial charge is 0.480 e. The van der Waals surface area contributed by atoms with E-state index in [1.165, 1.54) is 19.4 Å². The van der Waals surface area contributed by atoms with E-state index < -0.39 is 5.91 Å². The maximum Gasteiger partial charge on any atom is 0.254 e. The summed E-state index contributed by atoms with van der Waals surface area (Å²) in [6, 6.07) is 1.46. The molecule has 0 atom stereocenters. The van der Waals surface area contributed by atoms with Gasteiger partial charge in [-0.25, -0.2) is 4.98 Å². The molecule has 0 bridgehead atoms. The van der Waals surface area contributed by atoms with Crippen LogP contribution in [0.15, 0.2) is 12.3 Å². The molecule has 5 N–H and O–H groups in total. The number of nitrogens with one attached hydrogen (secondary N) is 1. The van der Waals surface area contributed by atoms with Gasteiger partial charge in [-0.3, -0.25) is 9.59 Å². The van der Waals surface area contributed by atoms with Crippen LogP contribution in [0.3, 0.4) is 0 Å². The van der Waals surface area contributed by atoms with Crippen molar-refractivity contribution in [3.05, 3.63) is 17.8 Å². The lowest BCUT2D eigenvalue weighted by atomic mass is 10.1. The van der Waals surface area contributed by atoms with Gasteiger partial charge in [-0.1, -0.05) is 12.8 Å². The minimum Gasteiger partial charge on any atom is -0.480 e. The first-order valence-electron chi connectivity index (χ1n) is 6.92. The fourth-order valence-electron chi connectivity index (χ4n) is 1.87. The molecule has 0 spiro atoms. The molecule has 0 fully saturated rings. The molecule has 0 saturated carbocycles. The van der Waals surface area contributed by atoms with Gasteiger partial charge in [-0.15, -0.1) is 0 Å². The number of hydrogen-bond acceptors (Lipinski definition) is 5. The first-order valence-corrected chi connectivity index (χ1v) is 6.92. The number of pyridine rings is 1. The van der Waals surface area contributed by atoms with E-state index in [2.05, 4.69) is 10.3 Å². The van der Waals surface area contributed by atoms with Crippen LogP contribution in [0.2, 0.25) is 0 Å². The number of nitrogens with two attached hydrogens (primary N) is 2. The van der Waals surface area contributed by atoms with Crippen LogP contribution in [0.4, 0.5) is 5.69 Å². The number of carbonyl (C=O) groups is 2. The Morgan fingerprint density at radius 3 is 2.62 bits per heavy atom. The predicted molar refractivity (Wildman–Crippen MR) is 80.1 cm³/mol. The summed E-state index contributed by atoms with van der Waals surface area (Å²) in [5.74, 6) is -0.635. The van der Waals surface area contributed by atoms with Crippen LogP contribution in [-0.4, -0.2) is 30.5 Å². The molecule has 7 heteroatoms. The fourth-order valence-corrected chi connectivity index (χ4v) is 1.87. The van der Waals surface area contributed by atoms with Crippen molar-refractivity contribution >= 4 is 17.5 Å². The highest BCUT2D eigenvalue weighted by molar-refractivity contribution is 5.97. The summed E-state index contributed by atoms with van der Waals surface area (Å²) >= 11 is 0. The van der Waals surface area contributed by atoms with Crippen molar-refractivity contribution in [3.8, 4) is 5.88 Å². The van der Waals surface area contributed by atoms with Gasteiger partial charge in [0.25, 0.3) is 5.91 Å². The minimum atomic E-state index is -0.655. The molecule has 1 aromatic heterocycles. The van der Waals surface area contributed by atoms with E-state index in [1.54, 1.807) is 0 Å². The molecule has 1 rings (SSSR count). The third-order valence-corrected chi connectivity index (χ3v) is 2.95. The SMILES string of the molecule is COc1ncc(NC(=O)CCCCCCN)cc1C(N)=O. The summed E-state index contributed by atoms with van der Waals surface area (Å²) in [6.45, 7) is 0.680. The quantitative estimate of drug-likeness (QED) is 0.588. The Balaban J connectivity index is 2.52. The zero-order valence-electron chi connectivity index (χ0n) is 12.2. The Kier molecular flexibility index (Phi) is 7.17. The zero-order chi connectivity index (χ0) is 15.7. The molecular weight excluding hydrogens is 272 g/mol. The maximum absolute atomic E-state index is 11.8. The van der Waals surface area contributed by atoms with Crippen molar-refractivity contribution in [3.63, 3.8) is 0 Å². The average Bonchev–Trinajstić information content (AvgIpc) is 2.47. The number of primary amides is 1. The third kappa shape index (κ3) is 5.78. The number of aromatic nitrogens is 1. The van der Waals surface area contributed by atoms with Gasteiger partial charge in [-0.05, 0) is 25.5 Å². The van der Waals surface area contributed by atoms with E-state index >= 15 is 0 Å². The van der Waals surface area contributed by atoms with Crippen LogP contribution < -0.4 is 21.5 Å². The summed E-state index contributed by atoms with van der Waals surface area (Å²) in [7, 11) is 1.40. The van der Waals surface area contributed by atoms with Gasteiger partial charge in [-0.2, -0.15) is 0 Å². The Labute approximate surface area is 124 Å². The van der Waals surface area contributed by atoms with Crippen molar-refractivity contribution in [2.24, 2.45) is 11.5 Å². The normalized spacial score (nSPS) is 10.2. The van der Waals surface area contributed by atoms with Crippen molar-refractivity contribution in [2.75, 3.05) is 19.0 Å². The van der Waals surface area contributed by atoms with Gasteiger partial charge in [0.15, 0.2) is 0 Å². The topological polar surface area (TPSA) is 120 Å². The summed E-state index contributed by atoms with van der Waals surface area (Å²) in [5.41, 5.74) is 11.2. The van der Waals surface area contributed by atoms with Gasteiger partial charge >= 0.3 is 0 Å². The Morgan fingerprint density at radius 2 is 2.00 bits per heavy atom. The third-order valence-electron chi connectivity index (χ3n) is 2.95. The molecular formula is C14H22N4O3. The van der Waals surface area contributed by atoms with Crippen molar-refractivity contribution in [2.45, 2.75) is 32.1 Å². The fraction of sp³-hybridized carbons (Fsp3) is 0.500. The van der Waals surface area contributed by atoms with Gasteiger partial charge in [0.1, 0.15) is 5.56 Å². The molecule has 1 heterocycles.